The van der Waals surface area contributed by atoms with E-state index in [0.717, 1.165) is 0 Å². The third-order valence-electron chi connectivity index (χ3n) is 1.48. The Morgan fingerprint density at radius 3 is 2.50 bits per heavy atom. The molecule has 0 aliphatic rings. The maximum atomic E-state index is 11.1. The molecule has 0 aromatic heterocycles. The van der Waals surface area contributed by atoms with Crippen LogP contribution in [0.1, 0.15) is 40.5 Å². The predicted octanol–water partition coefficient (Wildman–Crippen LogP) is 1.67. The maximum absolute atomic E-state index is 11.1. The van der Waals surface area contributed by atoms with Crippen molar-refractivity contribution in [2.45, 2.75) is 52.2 Å². The van der Waals surface area contributed by atoms with Crippen molar-refractivity contribution in [1.82, 2.24) is 5.32 Å². The van der Waals surface area contributed by atoms with Gasteiger partial charge < -0.3 is 15.2 Å². The zero-order chi connectivity index (χ0) is 11.2. The highest BCUT2D eigenvalue weighted by Gasteiger charge is 2.14. The largest absolute Gasteiger partial charge is 0.450 e. The van der Waals surface area contributed by atoms with Crippen molar-refractivity contribution in [3.8, 4) is 0 Å². The summed E-state index contributed by atoms with van der Waals surface area (Å²) in [5, 5.41) is 11.6. The fourth-order valence-corrected chi connectivity index (χ4v) is 0.886. The lowest BCUT2D eigenvalue weighted by atomic mass is 10.1. The number of rotatable bonds is 4. The van der Waals surface area contributed by atoms with Crippen LogP contribution in [-0.2, 0) is 4.74 Å². The van der Waals surface area contributed by atoms with E-state index in [1.54, 1.807) is 6.92 Å². The van der Waals surface area contributed by atoms with Gasteiger partial charge in [0.2, 0.25) is 0 Å². The molecule has 4 nitrogen and oxygen atoms in total. The second-order valence-electron chi connectivity index (χ2n) is 4.50. The number of ether oxygens (including phenoxy) is 1. The van der Waals surface area contributed by atoms with Gasteiger partial charge in [0.15, 0.2) is 0 Å². The van der Waals surface area contributed by atoms with Gasteiger partial charge in [0.1, 0.15) is 0 Å². The van der Waals surface area contributed by atoms with Crippen LogP contribution in [0, 0.1) is 0 Å². The van der Waals surface area contributed by atoms with Gasteiger partial charge in [0.25, 0.3) is 0 Å². The van der Waals surface area contributed by atoms with Crippen molar-refractivity contribution in [2.24, 2.45) is 0 Å². The number of aliphatic hydroxyl groups excluding tert-OH is 1. The van der Waals surface area contributed by atoms with E-state index in [0.29, 0.717) is 19.4 Å². The Morgan fingerprint density at radius 1 is 1.50 bits per heavy atom. The average molecular weight is 203 g/mol. The molecule has 0 radical (unpaired) electrons. The molecule has 0 spiro atoms. The first kappa shape index (κ1) is 13.2. The maximum Gasteiger partial charge on any atom is 0.407 e. The number of hydrogen-bond donors (Lipinski definition) is 2. The highest BCUT2D eigenvalue weighted by atomic mass is 16.5. The predicted molar refractivity (Wildman–Crippen MR) is 55.2 cm³/mol. The summed E-state index contributed by atoms with van der Waals surface area (Å²) in [6.07, 6.45) is 0.616. The third kappa shape index (κ3) is 9.32. The van der Waals surface area contributed by atoms with Gasteiger partial charge in [0.05, 0.1) is 12.7 Å². The zero-order valence-electron chi connectivity index (χ0n) is 9.46. The second kappa shape index (κ2) is 5.86. The van der Waals surface area contributed by atoms with E-state index in [9.17, 15) is 4.79 Å². The monoisotopic (exact) mass is 203 g/mol. The molecule has 0 heterocycles. The van der Waals surface area contributed by atoms with E-state index < -0.39 is 6.09 Å². The highest BCUT2D eigenvalue weighted by molar-refractivity contribution is 5.67. The Hall–Kier alpha value is -0.770. The van der Waals surface area contributed by atoms with Crippen LogP contribution in [0.2, 0.25) is 0 Å². The quantitative estimate of drug-likeness (QED) is 0.683. The molecule has 0 fully saturated rings. The highest BCUT2D eigenvalue weighted by Crippen LogP contribution is 2.00. The van der Waals surface area contributed by atoms with Gasteiger partial charge in [-0.3, -0.25) is 0 Å². The van der Waals surface area contributed by atoms with Crippen LogP contribution in [0.25, 0.3) is 0 Å². The number of aliphatic hydroxyl groups is 1. The van der Waals surface area contributed by atoms with Gasteiger partial charge in [-0.2, -0.15) is 0 Å². The molecule has 0 saturated carbocycles. The summed E-state index contributed by atoms with van der Waals surface area (Å²) < 4.78 is 4.91. The van der Waals surface area contributed by atoms with Crippen molar-refractivity contribution in [3.05, 3.63) is 0 Å². The molecule has 0 aliphatic carbocycles. The molecule has 0 rings (SSSR count). The van der Waals surface area contributed by atoms with Crippen LogP contribution in [0.3, 0.4) is 0 Å². The summed E-state index contributed by atoms with van der Waals surface area (Å²) in [4.78, 5) is 11.1. The first-order valence-corrected chi connectivity index (χ1v) is 4.94. The molecule has 0 aromatic carbocycles. The second-order valence-corrected chi connectivity index (χ2v) is 4.50. The molecule has 2 N–H and O–H groups in total. The summed E-state index contributed by atoms with van der Waals surface area (Å²) >= 11 is 0. The summed E-state index contributed by atoms with van der Waals surface area (Å²) in [6, 6.07) is 0. The van der Waals surface area contributed by atoms with Crippen LogP contribution in [0.15, 0.2) is 0 Å². The molecule has 1 atom stereocenters. The minimum atomic E-state index is -0.400. The molecular formula is C10H21NO3. The van der Waals surface area contributed by atoms with Crippen molar-refractivity contribution in [1.29, 1.82) is 0 Å². The molecular weight excluding hydrogens is 182 g/mol. The topological polar surface area (TPSA) is 58.6 Å². The van der Waals surface area contributed by atoms with Gasteiger partial charge in [0, 0.05) is 5.54 Å². The van der Waals surface area contributed by atoms with E-state index in [2.05, 4.69) is 5.32 Å². The Morgan fingerprint density at radius 2 is 2.07 bits per heavy atom. The van der Waals surface area contributed by atoms with Gasteiger partial charge >= 0.3 is 6.09 Å². The van der Waals surface area contributed by atoms with Gasteiger partial charge in [-0.25, -0.2) is 4.79 Å². The fraction of sp³-hybridized carbons (Fsp3) is 0.900. The SMILES string of the molecule is CC(O)CCCOC(=O)NC(C)(C)C. The minimum absolute atomic E-state index is 0.263. The third-order valence-corrected chi connectivity index (χ3v) is 1.48. The van der Waals surface area contributed by atoms with E-state index in [1.807, 2.05) is 20.8 Å². The van der Waals surface area contributed by atoms with Gasteiger partial charge in [-0.15, -0.1) is 0 Å². The van der Waals surface area contributed by atoms with Crippen LogP contribution in [0.5, 0.6) is 0 Å². The lowest BCUT2D eigenvalue weighted by Gasteiger charge is -2.19. The molecule has 0 saturated heterocycles. The Balaban J connectivity index is 3.46. The Kier molecular flexibility index (Phi) is 5.53. The number of amides is 1. The standard InChI is InChI=1S/C10H21NO3/c1-8(12)6-5-7-14-9(13)11-10(2,3)4/h8,12H,5-7H2,1-4H3,(H,11,13). The molecule has 4 heteroatoms. The molecule has 1 amide bonds. The lowest BCUT2D eigenvalue weighted by Crippen LogP contribution is -2.41. The van der Waals surface area contributed by atoms with Crippen molar-refractivity contribution in [2.75, 3.05) is 6.61 Å². The molecule has 14 heavy (non-hydrogen) atoms. The molecule has 1 unspecified atom stereocenters. The molecule has 0 bridgehead atoms. The summed E-state index contributed by atoms with van der Waals surface area (Å²) in [6.45, 7) is 7.75. The Bertz CT molecular complexity index is 173. The fourth-order valence-electron chi connectivity index (χ4n) is 0.886. The summed E-state index contributed by atoms with van der Waals surface area (Å²) in [5.41, 5.74) is -0.263. The normalized spacial score (nSPS) is 13.5. The summed E-state index contributed by atoms with van der Waals surface area (Å²) in [5.74, 6) is 0. The van der Waals surface area contributed by atoms with E-state index >= 15 is 0 Å². The smallest absolute Gasteiger partial charge is 0.407 e. The van der Waals surface area contributed by atoms with Gasteiger partial charge in [-0.1, -0.05) is 0 Å². The number of nitrogens with one attached hydrogen (secondary N) is 1. The first-order chi connectivity index (χ1) is 6.31. The van der Waals surface area contributed by atoms with Crippen LogP contribution < -0.4 is 5.32 Å². The van der Waals surface area contributed by atoms with Gasteiger partial charge in [-0.05, 0) is 40.5 Å². The van der Waals surface area contributed by atoms with Crippen LogP contribution in [-0.4, -0.2) is 29.4 Å². The average Bonchev–Trinajstić information content (AvgIpc) is 1.94. The van der Waals surface area contributed by atoms with Crippen molar-refractivity contribution >= 4 is 6.09 Å². The van der Waals surface area contributed by atoms with E-state index in [4.69, 9.17) is 9.84 Å². The number of carbonyl (C=O) groups is 1. The van der Waals surface area contributed by atoms with Crippen LogP contribution in [0.4, 0.5) is 4.79 Å². The first-order valence-electron chi connectivity index (χ1n) is 4.94. The number of alkyl carbamates (subject to hydrolysis) is 1. The van der Waals surface area contributed by atoms with E-state index in [1.165, 1.54) is 0 Å². The van der Waals surface area contributed by atoms with E-state index in [-0.39, 0.29) is 11.6 Å². The van der Waals surface area contributed by atoms with Crippen LogP contribution >= 0.6 is 0 Å². The lowest BCUT2D eigenvalue weighted by molar-refractivity contribution is 0.124. The minimum Gasteiger partial charge on any atom is -0.450 e. The summed E-state index contributed by atoms with van der Waals surface area (Å²) in [7, 11) is 0. The number of carbonyl (C=O) groups excluding carboxylic acids is 1. The van der Waals surface area contributed by atoms with Crippen molar-refractivity contribution in [3.63, 3.8) is 0 Å². The van der Waals surface area contributed by atoms with Crippen molar-refractivity contribution < 1.29 is 14.6 Å². The Labute approximate surface area is 85.6 Å². The molecule has 84 valence electrons. The zero-order valence-corrected chi connectivity index (χ0v) is 9.46. The molecule has 0 aliphatic heterocycles. The molecule has 0 aromatic rings. The number of hydrogen-bond acceptors (Lipinski definition) is 3.